The predicted molar refractivity (Wildman–Crippen MR) is 61.5 cm³/mol. The number of hydrogen-bond acceptors (Lipinski definition) is 7. The van der Waals surface area contributed by atoms with Gasteiger partial charge in [0.05, 0.1) is 20.0 Å². The van der Waals surface area contributed by atoms with E-state index in [0.717, 1.165) is 0 Å². The minimum Gasteiger partial charge on any atom is -0.479 e. The number of aromatic nitrogens is 4. The van der Waals surface area contributed by atoms with E-state index in [1.165, 1.54) is 24.3 Å². The van der Waals surface area contributed by atoms with Crippen molar-refractivity contribution >= 4 is 17.1 Å². The van der Waals surface area contributed by atoms with E-state index in [2.05, 4.69) is 15.0 Å². The van der Waals surface area contributed by atoms with Crippen molar-refractivity contribution in [2.75, 3.05) is 7.11 Å². The molecule has 2 atom stereocenters. The maximum atomic E-state index is 10.6. The minimum absolute atomic E-state index is 0.163. The molecule has 0 fully saturated rings. The second kappa shape index (κ2) is 5.16. The monoisotopic (exact) mass is 268 g/mol. The molecule has 0 radical (unpaired) electrons. The van der Waals surface area contributed by atoms with Crippen LogP contribution in [0.2, 0.25) is 0 Å². The molecule has 0 aliphatic heterocycles. The molecule has 0 saturated heterocycles. The summed E-state index contributed by atoms with van der Waals surface area (Å²) in [5.41, 5.74) is 0.769. The van der Waals surface area contributed by atoms with Crippen LogP contribution in [0.15, 0.2) is 12.7 Å². The number of carbonyl (C=O) groups is 1. The summed E-state index contributed by atoms with van der Waals surface area (Å²) in [5.74, 6) is -1.22. The third-order valence-corrected chi connectivity index (χ3v) is 2.56. The molecular formula is C10H12N4O5. The number of methoxy groups -OCH3 is 1. The maximum Gasteiger partial charge on any atom is 0.335 e. The number of aliphatic hydroxyl groups is 2. The molecule has 2 aromatic heterocycles. The van der Waals surface area contributed by atoms with Gasteiger partial charge in [0.1, 0.15) is 12.4 Å². The highest BCUT2D eigenvalue weighted by molar-refractivity contribution is 5.76. The highest BCUT2D eigenvalue weighted by Crippen LogP contribution is 2.19. The van der Waals surface area contributed by atoms with Gasteiger partial charge in [-0.3, -0.25) is 0 Å². The van der Waals surface area contributed by atoms with Crippen LogP contribution in [0.5, 0.6) is 5.88 Å². The molecule has 3 N–H and O–H groups in total. The fourth-order valence-corrected chi connectivity index (χ4v) is 1.61. The molecule has 102 valence electrons. The lowest BCUT2D eigenvalue weighted by atomic mass is 10.2. The molecule has 9 heteroatoms. The van der Waals surface area contributed by atoms with E-state index in [1.807, 2.05) is 0 Å². The van der Waals surface area contributed by atoms with Crippen LogP contribution in [0.3, 0.4) is 0 Å². The number of imidazole rings is 1. The standard InChI is InChI=1S/C10H12N4O5/c1-19-9-6-8(11-3-12-9)14(4-13-6)2-5(15)7(16)10(17)18/h3-5,7,15-16H,2H2,1H3,(H,17,18)/t5-,7-/m1/s1. The van der Waals surface area contributed by atoms with Crippen LogP contribution in [-0.4, -0.2) is 60.1 Å². The third kappa shape index (κ3) is 2.46. The van der Waals surface area contributed by atoms with Crippen LogP contribution in [0.25, 0.3) is 11.2 Å². The maximum absolute atomic E-state index is 10.6. The molecule has 2 rings (SSSR count). The summed E-state index contributed by atoms with van der Waals surface area (Å²) in [4.78, 5) is 22.4. The Bertz CT molecular complexity index is 599. The number of carboxylic acids is 1. The van der Waals surface area contributed by atoms with Gasteiger partial charge in [-0.05, 0) is 0 Å². The number of carboxylic acid groups (broad SMARTS) is 1. The van der Waals surface area contributed by atoms with Crippen LogP contribution in [0.1, 0.15) is 0 Å². The van der Waals surface area contributed by atoms with Crippen molar-refractivity contribution in [1.82, 2.24) is 19.5 Å². The third-order valence-electron chi connectivity index (χ3n) is 2.56. The summed E-state index contributed by atoms with van der Waals surface area (Å²) < 4.78 is 6.41. The first-order chi connectivity index (χ1) is 9.04. The average molecular weight is 268 g/mol. The molecule has 0 spiro atoms. The minimum atomic E-state index is -1.87. The van der Waals surface area contributed by atoms with Gasteiger partial charge in [0.2, 0.25) is 5.88 Å². The molecule has 0 bridgehead atoms. The van der Waals surface area contributed by atoms with E-state index in [-0.39, 0.29) is 12.4 Å². The number of nitrogens with zero attached hydrogens (tertiary/aromatic N) is 4. The fourth-order valence-electron chi connectivity index (χ4n) is 1.61. The Hall–Kier alpha value is -2.26. The lowest BCUT2D eigenvalue weighted by Gasteiger charge is -2.14. The Morgan fingerprint density at radius 1 is 1.42 bits per heavy atom. The van der Waals surface area contributed by atoms with Crippen LogP contribution in [0, 0.1) is 0 Å². The van der Waals surface area contributed by atoms with Crippen LogP contribution >= 0.6 is 0 Å². The van der Waals surface area contributed by atoms with E-state index in [0.29, 0.717) is 11.2 Å². The van der Waals surface area contributed by atoms with Crippen molar-refractivity contribution in [2.24, 2.45) is 0 Å². The second-order valence-electron chi connectivity index (χ2n) is 3.80. The molecule has 0 saturated carbocycles. The molecule has 2 aromatic rings. The lowest BCUT2D eigenvalue weighted by molar-refractivity contribution is -0.153. The van der Waals surface area contributed by atoms with Crippen molar-refractivity contribution in [3.05, 3.63) is 12.7 Å². The van der Waals surface area contributed by atoms with Gasteiger partial charge in [-0.1, -0.05) is 0 Å². The van der Waals surface area contributed by atoms with E-state index < -0.39 is 18.2 Å². The molecule has 0 aliphatic carbocycles. The van der Waals surface area contributed by atoms with Gasteiger partial charge in [-0.15, -0.1) is 0 Å². The van der Waals surface area contributed by atoms with Gasteiger partial charge in [-0.25, -0.2) is 14.8 Å². The molecule has 0 unspecified atom stereocenters. The number of aliphatic carboxylic acids is 1. The number of hydrogen-bond donors (Lipinski definition) is 3. The Balaban J connectivity index is 2.29. The number of ether oxygens (including phenoxy) is 1. The van der Waals surface area contributed by atoms with Gasteiger partial charge in [-0.2, -0.15) is 4.98 Å². The first-order valence-corrected chi connectivity index (χ1v) is 5.33. The Labute approximate surface area is 107 Å². The van der Waals surface area contributed by atoms with E-state index >= 15 is 0 Å². The first kappa shape index (κ1) is 13.2. The van der Waals surface area contributed by atoms with Gasteiger partial charge in [0.15, 0.2) is 17.3 Å². The van der Waals surface area contributed by atoms with Crippen molar-refractivity contribution in [3.63, 3.8) is 0 Å². The molecule has 0 aliphatic rings. The molecular weight excluding hydrogens is 256 g/mol. The quantitative estimate of drug-likeness (QED) is 0.606. The predicted octanol–water partition coefficient (Wildman–Crippen LogP) is -1.36. The number of fused-ring (bicyclic) bond motifs is 1. The molecule has 9 nitrogen and oxygen atoms in total. The van der Waals surface area contributed by atoms with Gasteiger partial charge in [0, 0.05) is 0 Å². The SMILES string of the molecule is COc1ncnc2c1ncn2C[C@@H](O)[C@@H](O)C(=O)O. The van der Waals surface area contributed by atoms with Crippen LogP contribution in [-0.2, 0) is 11.3 Å². The molecule has 19 heavy (non-hydrogen) atoms. The van der Waals surface area contributed by atoms with Crippen LogP contribution in [0.4, 0.5) is 0 Å². The van der Waals surface area contributed by atoms with Crippen molar-refractivity contribution < 1.29 is 24.9 Å². The van der Waals surface area contributed by atoms with Gasteiger partial charge >= 0.3 is 5.97 Å². The summed E-state index contributed by atoms with van der Waals surface area (Å²) in [6.07, 6.45) is -0.726. The highest BCUT2D eigenvalue weighted by atomic mass is 16.5. The Morgan fingerprint density at radius 2 is 2.16 bits per heavy atom. The van der Waals surface area contributed by atoms with Gasteiger partial charge < -0.3 is 24.6 Å². The van der Waals surface area contributed by atoms with E-state index in [1.54, 1.807) is 0 Å². The first-order valence-electron chi connectivity index (χ1n) is 5.33. The zero-order valence-corrected chi connectivity index (χ0v) is 9.96. The normalized spacial score (nSPS) is 14.3. The average Bonchev–Trinajstić information content (AvgIpc) is 2.80. The van der Waals surface area contributed by atoms with Crippen LogP contribution < -0.4 is 4.74 Å². The van der Waals surface area contributed by atoms with Crippen molar-refractivity contribution in [2.45, 2.75) is 18.8 Å². The largest absolute Gasteiger partial charge is 0.479 e. The zero-order chi connectivity index (χ0) is 14.0. The Morgan fingerprint density at radius 3 is 2.79 bits per heavy atom. The summed E-state index contributed by atoms with van der Waals surface area (Å²) in [5, 5.41) is 27.4. The lowest BCUT2D eigenvalue weighted by Crippen LogP contribution is -2.36. The topological polar surface area (TPSA) is 131 Å². The number of rotatable bonds is 5. The van der Waals surface area contributed by atoms with Crippen molar-refractivity contribution in [1.29, 1.82) is 0 Å². The van der Waals surface area contributed by atoms with Crippen molar-refractivity contribution in [3.8, 4) is 5.88 Å². The summed E-state index contributed by atoms with van der Waals surface area (Å²) in [6.45, 7) is -0.163. The van der Waals surface area contributed by atoms with Gasteiger partial charge in [0.25, 0.3) is 0 Å². The smallest absolute Gasteiger partial charge is 0.335 e. The number of aliphatic hydroxyl groups excluding tert-OH is 2. The fraction of sp³-hybridized carbons (Fsp3) is 0.400. The summed E-state index contributed by atoms with van der Waals surface area (Å²) >= 11 is 0. The zero-order valence-electron chi connectivity index (χ0n) is 9.96. The molecule has 0 aromatic carbocycles. The molecule has 0 amide bonds. The van der Waals surface area contributed by atoms with E-state index in [4.69, 9.17) is 9.84 Å². The van der Waals surface area contributed by atoms with E-state index in [9.17, 15) is 15.0 Å². The second-order valence-corrected chi connectivity index (χ2v) is 3.80. The molecule has 2 heterocycles. The summed E-state index contributed by atoms with van der Waals surface area (Å²) in [6, 6.07) is 0. The Kier molecular flexibility index (Phi) is 3.58. The summed E-state index contributed by atoms with van der Waals surface area (Å²) in [7, 11) is 1.43. The highest BCUT2D eigenvalue weighted by Gasteiger charge is 2.24.